The first-order chi connectivity index (χ1) is 12.1. The van der Waals surface area contributed by atoms with Crippen molar-refractivity contribution in [3.8, 4) is 5.75 Å². The summed E-state index contributed by atoms with van der Waals surface area (Å²) in [6.07, 6.45) is 4.79. The molecule has 0 aliphatic heterocycles. The summed E-state index contributed by atoms with van der Waals surface area (Å²) in [7, 11) is 0. The number of hydrogen-bond donors (Lipinski definition) is 2. The Hall–Kier alpha value is -2.63. The van der Waals surface area contributed by atoms with Crippen molar-refractivity contribution in [3.05, 3.63) is 41.7 Å². The van der Waals surface area contributed by atoms with E-state index in [1.54, 1.807) is 0 Å². The number of hydrogen-bond acceptors (Lipinski definition) is 4. The van der Waals surface area contributed by atoms with Gasteiger partial charge in [0.05, 0.1) is 6.61 Å². The van der Waals surface area contributed by atoms with E-state index in [1.807, 2.05) is 44.2 Å². The molecule has 2 aromatic rings. The van der Waals surface area contributed by atoms with Crippen molar-refractivity contribution in [2.45, 2.75) is 46.5 Å². The molecule has 0 unspecified atom stereocenters. The van der Waals surface area contributed by atoms with Crippen molar-refractivity contribution < 1.29 is 4.74 Å². The Labute approximate surface area is 149 Å². The zero-order chi connectivity index (χ0) is 18.1. The SMILES string of the molecule is CCCCCCOc1ccc(N/C(N)=N\c2nc(C)cc(C)n2)cc1. The second-order valence-corrected chi connectivity index (χ2v) is 6.01. The summed E-state index contributed by atoms with van der Waals surface area (Å²) in [4.78, 5) is 12.7. The fraction of sp³-hybridized carbons (Fsp3) is 0.421. The van der Waals surface area contributed by atoms with E-state index in [0.29, 0.717) is 5.95 Å². The number of rotatable bonds is 8. The molecule has 2 rings (SSSR count). The summed E-state index contributed by atoms with van der Waals surface area (Å²) < 4.78 is 5.73. The first kappa shape index (κ1) is 18.7. The lowest BCUT2D eigenvalue weighted by Crippen LogP contribution is -2.22. The second-order valence-electron chi connectivity index (χ2n) is 6.01. The normalized spacial score (nSPS) is 11.4. The molecule has 0 saturated carbocycles. The topological polar surface area (TPSA) is 85.4 Å². The van der Waals surface area contributed by atoms with Crippen LogP contribution in [0.5, 0.6) is 5.75 Å². The van der Waals surface area contributed by atoms with Gasteiger partial charge in [-0.2, -0.15) is 4.99 Å². The summed E-state index contributed by atoms with van der Waals surface area (Å²) in [5, 5.41) is 3.03. The molecule has 3 N–H and O–H groups in total. The van der Waals surface area contributed by atoms with Gasteiger partial charge in [0, 0.05) is 17.1 Å². The van der Waals surface area contributed by atoms with Gasteiger partial charge >= 0.3 is 0 Å². The summed E-state index contributed by atoms with van der Waals surface area (Å²) in [5.41, 5.74) is 8.49. The van der Waals surface area contributed by atoms with Gasteiger partial charge in [-0.3, -0.25) is 0 Å². The van der Waals surface area contributed by atoms with E-state index in [9.17, 15) is 0 Å². The van der Waals surface area contributed by atoms with Gasteiger partial charge in [0.15, 0.2) is 0 Å². The Kier molecular flexibility index (Phi) is 7.19. The Morgan fingerprint density at radius 1 is 1.08 bits per heavy atom. The Morgan fingerprint density at radius 2 is 1.76 bits per heavy atom. The summed E-state index contributed by atoms with van der Waals surface area (Å²) >= 11 is 0. The number of unbranched alkanes of at least 4 members (excludes halogenated alkanes) is 3. The molecule has 1 aromatic carbocycles. The minimum absolute atomic E-state index is 0.248. The van der Waals surface area contributed by atoms with Crippen molar-refractivity contribution >= 4 is 17.6 Å². The minimum Gasteiger partial charge on any atom is -0.494 e. The van der Waals surface area contributed by atoms with Crippen molar-refractivity contribution in [2.24, 2.45) is 10.7 Å². The van der Waals surface area contributed by atoms with Crippen molar-refractivity contribution in [1.82, 2.24) is 9.97 Å². The van der Waals surface area contributed by atoms with Gasteiger partial charge in [0.1, 0.15) is 5.75 Å². The van der Waals surface area contributed by atoms with E-state index in [0.717, 1.165) is 35.9 Å². The molecule has 0 saturated heterocycles. The molecule has 0 aliphatic carbocycles. The van der Waals surface area contributed by atoms with E-state index in [2.05, 4.69) is 27.2 Å². The smallest absolute Gasteiger partial charge is 0.253 e. The maximum Gasteiger partial charge on any atom is 0.253 e. The van der Waals surface area contributed by atoms with Crippen LogP contribution >= 0.6 is 0 Å². The summed E-state index contributed by atoms with van der Waals surface area (Å²) in [6, 6.07) is 9.55. The maximum atomic E-state index is 5.93. The van der Waals surface area contributed by atoms with Crippen molar-refractivity contribution in [3.63, 3.8) is 0 Å². The van der Waals surface area contributed by atoms with E-state index >= 15 is 0 Å². The molecule has 0 amide bonds. The van der Waals surface area contributed by atoms with Gasteiger partial charge in [-0.05, 0) is 50.6 Å². The molecule has 25 heavy (non-hydrogen) atoms. The molecular formula is C19H27N5O. The zero-order valence-corrected chi connectivity index (χ0v) is 15.2. The highest BCUT2D eigenvalue weighted by atomic mass is 16.5. The van der Waals surface area contributed by atoms with Crippen LogP contribution in [-0.2, 0) is 0 Å². The molecule has 6 heteroatoms. The molecule has 0 atom stereocenters. The minimum atomic E-state index is 0.248. The van der Waals surface area contributed by atoms with Gasteiger partial charge in [-0.15, -0.1) is 0 Å². The molecule has 1 aromatic heterocycles. The fourth-order valence-corrected chi connectivity index (χ4v) is 2.39. The second kappa shape index (κ2) is 9.61. The maximum absolute atomic E-state index is 5.93. The molecular weight excluding hydrogens is 314 g/mol. The van der Waals surface area contributed by atoms with Crippen LogP contribution < -0.4 is 15.8 Å². The number of nitrogens with two attached hydrogens (primary N) is 1. The number of anilines is 1. The first-order valence-corrected chi connectivity index (χ1v) is 8.73. The van der Waals surface area contributed by atoms with Gasteiger partial charge in [-0.1, -0.05) is 26.2 Å². The lowest BCUT2D eigenvalue weighted by Gasteiger charge is -2.08. The predicted octanol–water partition coefficient (Wildman–Crippen LogP) is 4.11. The summed E-state index contributed by atoms with van der Waals surface area (Å²) in [5.74, 6) is 1.46. The third-order valence-electron chi connectivity index (χ3n) is 3.58. The van der Waals surface area contributed by atoms with Gasteiger partial charge < -0.3 is 15.8 Å². The van der Waals surface area contributed by atoms with Crippen LogP contribution in [0.4, 0.5) is 11.6 Å². The number of guanidine groups is 1. The largest absolute Gasteiger partial charge is 0.494 e. The molecule has 134 valence electrons. The average molecular weight is 341 g/mol. The number of aryl methyl sites for hydroxylation is 2. The Morgan fingerprint density at radius 3 is 2.40 bits per heavy atom. The van der Waals surface area contributed by atoms with E-state index in [-0.39, 0.29) is 5.96 Å². The quantitative estimate of drug-likeness (QED) is 0.429. The molecule has 0 aliphatic rings. The zero-order valence-electron chi connectivity index (χ0n) is 15.2. The van der Waals surface area contributed by atoms with Crippen LogP contribution in [0, 0.1) is 13.8 Å². The Balaban J connectivity index is 1.88. The van der Waals surface area contributed by atoms with Crippen LogP contribution in [0.1, 0.15) is 44.0 Å². The van der Waals surface area contributed by atoms with E-state index < -0.39 is 0 Å². The highest BCUT2D eigenvalue weighted by Crippen LogP contribution is 2.16. The number of aliphatic imine (C=N–C) groups is 1. The first-order valence-electron chi connectivity index (χ1n) is 8.73. The fourth-order valence-electron chi connectivity index (χ4n) is 2.39. The van der Waals surface area contributed by atoms with E-state index in [1.165, 1.54) is 19.3 Å². The molecule has 0 fully saturated rings. The van der Waals surface area contributed by atoms with Crippen molar-refractivity contribution in [2.75, 3.05) is 11.9 Å². The predicted molar refractivity (Wildman–Crippen MR) is 102 cm³/mol. The van der Waals surface area contributed by atoms with Crippen LogP contribution in [0.15, 0.2) is 35.3 Å². The lowest BCUT2D eigenvalue weighted by atomic mass is 10.2. The standard InChI is InChI=1S/C19H27N5O/c1-4-5-6-7-12-25-17-10-8-16(9-11-17)23-18(20)24-19-21-14(2)13-15(3)22-19/h8-11,13H,4-7,12H2,1-3H3,(H3,20,21,22,23,24). The molecule has 0 radical (unpaired) electrons. The Bertz CT molecular complexity index is 677. The van der Waals surface area contributed by atoms with Crippen LogP contribution in [0.3, 0.4) is 0 Å². The highest BCUT2D eigenvalue weighted by Gasteiger charge is 2.01. The number of nitrogens with zero attached hydrogens (tertiary/aromatic N) is 3. The van der Waals surface area contributed by atoms with Gasteiger partial charge in [0.2, 0.25) is 5.96 Å². The molecule has 0 bridgehead atoms. The number of nitrogens with one attached hydrogen (secondary N) is 1. The molecule has 6 nitrogen and oxygen atoms in total. The van der Waals surface area contributed by atoms with Crippen molar-refractivity contribution in [1.29, 1.82) is 0 Å². The lowest BCUT2D eigenvalue weighted by molar-refractivity contribution is 0.305. The van der Waals surface area contributed by atoms with Crippen LogP contribution in [0.2, 0.25) is 0 Å². The number of aromatic nitrogens is 2. The number of ether oxygens (including phenoxy) is 1. The van der Waals surface area contributed by atoms with Gasteiger partial charge in [-0.25, -0.2) is 9.97 Å². The van der Waals surface area contributed by atoms with Gasteiger partial charge in [0.25, 0.3) is 5.95 Å². The highest BCUT2D eigenvalue weighted by molar-refractivity contribution is 5.93. The third kappa shape index (κ3) is 6.79. The molecule has 0 spiro atoms. The average Bonchev–Trinajstić information content (AvgIpc) is 2.55. The molecule has 1 heterocycles. The monoisotopic (exact) mass is 341 g/mol. The number of benzene rings is 1. The van der Waals surface area contributed by atoms with Crippen LogP contribution in [-0.4, -0.2) is 22.5 Å². The summed E-state index contributed by atoms with van der Waals surface area (Å²) in [6.45, 7) is 6.75. The van der Waals surface area contributed by atoms with E-state index in [4.69, 9.17) is 10.5 Å². The van der Waals surface area contributed by atoms with Crippen LogP contribution in [0.25, 0.3) is 0 Å². The third-order valence-corrected chi connectivity index (χ3v) is 3.58.